The van der Waals surface area contributed by atoms with E-state index in [-0.39, 0.29) is 11.8 Å². The van der Waals surface area contributed by atoms with E-state index in [9.17, 15) is 4.79 Å². The van der Waals surface area contributed by atoms with Gasteiger partial charge in [-0.2, -0.15) is 0 Å². The minimum absolute atomic E-state index is 0.0381. The molecule has 156 valence electrons. The lowest BCUT2D eigenvalue weighted by Gasteiger charge is -2.32. The normalized spacial score (nSPS) is 14.6. The van der Waals surface area contributed by atoms with Crippen LogP contribution in [0.15, 0.2) is 36.7 Å². The van der Waals surface area contributed by atoms with Crippen molar-refractivity contribution >= 4 is 11.7 Å². The van der Waals surface area contributed by atoms with Crippen molar-refractivity contribution in [3.63, 3.8) is 0 Å². The van der Waals surface area contributed by atoms with Crippen LogP contribution in [0.3, 0.4) is 0 Å². The van der Waals surface area contributed by atoms with Gasteiger partial charge in [-0.05, 0) is 50.8 Å². The summed E-state index contributed by atoms with van der Waals surface area (Å²) in [5.74, 6) is 2.14. The van der Waals surface area contributed by atoms with Crippen LogP contribution in [0.1, 0.15) is 31.7 Å². The van der Waals surface area contributed by atoms with Crippen molar-refractivity contribution < 1.29 is 14.3 Å². The first kappa shape index (κ1) is 21.0. The second-order valence-electron chi connectivity index (χ2n) is 7.21. The molecule has 1 amide bonds. The summed E-state index contributed by atoms with van der Waals surface area (Å²) in [6.45, 7) is 7.56. The maximum atomic E-state index is 12.4. The molecule has 29 heavy (non-hydrogen) atoms. The number of amides is 1. The SMILES string of the molecule is CCOCCCNC(=O)C1CCN(c2nccnc2Oc2cccc(C)c2)CC1. The summed E-state index contributed by atoms with van der Waals surface area (Å²) in [6, 6.07) is 7.87. The molecular weight excluding hydrogens is 368 g/mol. The van der Waals surface area contributed by atoms with Crippen molar-refractivity contribution in [3.8, 4) is 11.6 Å². The van der Waals surface area contributed by atoms with Crippen LogP contribution in [-0.4, -0.2) is 48.7 Å². The largest absolute Gasteiger partial charge is 0.436 e. The topological polar surface area (TPSA) is 76.6 Å². The molecule has 0 saturated carbocycles. The molecule has 1 saturated heterocycles. The summed E-state index contributed by atoms with van der Waals surface area (Å²) in [6.07, 6.45) is 5.74. The molecule has 0 unspecified atom stereocenters. The molecule has 0 bridgehead atoms. The fraction of sp³-hybridized carbons (Fsp3) is 0.500. The Morgan fingerprint density at radius 3 is 2.79 bits per heavy atom. The summed E-state index contributed by atoms with van der Waals surface area (Å²) in [4.78, 5) is 23.4. The fourth-order valence-electron chi connectivity index (χ4n) is 3.43. The van der Waals surface area contributed by atoms with E-state index in [0.29, 0.717) is 25.6 Å². The fourth-order valence-corrected chi connectivity index (χ4v) is 3.43. The third-order valence-corrected chi connectivity index (χ3v) is 4.98. The quantitative estimate of drug-likeness (QED) is 0.653. The zero-order valence-corrected chi connectivity index (χ0v) is 17.3. The molecule has 1 aliphatic rings. The highest BCUT2D eigenvalue weighted by molar-refractivity contribution is 5.79. The van der Waals surface area contributed by atoms with Crippen LogP contribution in [0.5, 0.6) is 11.6 Å². The van der Waals surface area contributed by atoms with Gasteiger partial charge in [0, 0.05) is 51.2 Å². The number of piperidine rings is 1. The Hall–Kier alpha value is -2.67. The lowest BCUT2D eigenvalue weighted by molar-refractivity contribution is -0.125. The molecular formula is C22H30N4O3. The van der Waals surface area contributed by atoms with E-state index in [1.807, 2.05) is 38.1 Å². The van der Waals surface area contributed by atoms with Gasteiger partial charge in [-0.1, -0.05) is 12.1 Å². The van der Waals surface area contributed by atoms with E-state index >= 15 is 0 Å². The summed E-state index contributed by atoms with van der Waals surface area (Å²) in [7, 11) is 0. The maximum absolute atomic E-state index is 12.4. The monoisotopic (exact) mass is 398 g/mol. The van der Waals surface area contributed by atoms with Gasteiger partial charge in [0.25, 0.3) is 5.88 Å². The molecule has 3 rings (SSSR count). The second-order valence-corrected chi connectivity index (χ2v) is 7.21. The first-order chi connectivity index (χ1) is 14.2. The van der Waals surface area contributed by atoms with E-state index < -0.39 is 0 Å². The van der Waals surface area contributed by atoms with Crippen LogP contribution in [0, 0.1) is 12.8 Å². The van der Waals surface area contributed by atoms with E-state index in [2.05, 4.69) is 20.2 Å². The molecule has 1 aromatic carbocycles. The predicted molar refractivity (Wildman–Crippen MR) is 112 cm³/mol. The van der Waals surface area contributed by atoms with Gasteiger partial charge in [0.1, 0.15) is 5.75 Å². The lowest BCUT2D eigenvalue weighted by Crippen LogP contribution is -2.41. The van der Waals surface area contributed by atoms with Gasteiger partial charge in [-0.15, -0.1) is 0 Å². The van der Waals surface area contributed by atoms with Crippen LogP contribution in [0.4, 0.5) is 5.82 Å². The number of anilines is 1. The molecule has 2 heterocycles. The number of hydrogen-bond donors (Lipinski definition) is 1. The van der Waals surface area contributed by atoms with Crippen molar-refractivity contribution in [2.75, 3.05) is 37.7 Å². The molecule has 7 nitrogen and oxygen atoms in total. The molecule has 1 aliphatic heterocycles. The van der Waals surface area contributed by atoms with Crippen LogP contribution in [-0.2, 0) is 9.53 Å². The highest BCUT2D eigenvalue weighted by Gasteiger charge is 2.27. The minimum atomic E-state index is 0.0381. The first-order valence-corrected chi connectivity index (χ1v) is 10.3. The Morgan fingerprint density at radius 2 is 2.03 bits per heavy atom. The Bertz CT molecular complexity index is 791. The number of hydrogen-bond acceptors (Lipinski definition) is 6. The highest BCUT2D eigenvalue weighted by Crippen LogP contribution is 2.31. The standard InChI is InChI=1S/C22H30N4O3/c1-3-28-15-5-10-24-21(27)18-8-13-26(14-9-18)20-22(25-12-11-23-20)29-19-7-4-6-17(2)16-19/h4,6-7,11-12,16,18H,3,5,8-10,13-15H2,1-2H3,(H,24,27). The number of benzene rings is 1. The number of aromatic nitrogens is 2. The maximum Gasteiger partial charge on any atom is 0.263 e. The van der Waals surface area contributed by atoms with Gasteiger partial charge in [0.05, 0.1) is 0 Å². The average molecular weight is 399 g/mol. The predicted octanol–water partition coefficient (Wildman–Crippen LogP) is 3.34. The number of carbonyl (C=O) groups excluding carboxylic acids is 1. The molecule has 0 aliphatic carbocycles. The average Bonchev–Trinajstić information content (AvgIpc) is 2.74. The third kappa shape index (κ3) is 6.15. The third-order valence-electron chi connectivity index (χ3n) is 4.98. The van der Waals surface area contributed by atoms with Gasteiger partial charge >= 0.3 is 0 Å². The zero-order valence-electron chi connectivity index (χ0n) is 17.3. The Labute approximate surface area is 172 Å². The van der Waals surface area contributed by atoms with Crippen LogP contribution < -0.4 is 15.0 Å². The van der Waals surface area contributed by atoms with Crippen molar-refractivity contribution in [2.24, 2.45) is 5.92 Å². The van der Waals surface area contributed by atoms with Crippen LogP contribution in [0.2, 0.25) is 0 Å². The van der Waals surface area contributed by atoms with Crippen LogP contribution >= 0.6 is 0 Å². The Kier molecular flexibility index (Phi) is 7.81. The number of rotatable bonds is 9. The number of aryl methyl sites for hydroxylation is 1. The summed E-state index contributed by atoms with van der Waals surface area (Å²) >= 11 is 0. The van der Waals surface area contributed by atoms with Crippen molar-refractivity contribution in [2.45, 2.75) is 33.1 Å². The molecule has 1 aromatic heterocycles. The summed E-state index contributed by atoms with van der Waals surface area (Å²) in [5, 5.41) is 3.03. The van der Waals surface area contributed by atoms with Crippen molar-refractivity contribution in [3.05, 3.63) is 42.2 Å². The number of ether oxygens (including phenoxy) is 2. The highest BCUT2D eigenvalue weighted by atomic mass is 16.5. The molecule has 7 heteroatoms. The molecule has 0 radical (unpaired) electrons. The first-order valence-electron chi connectivity index (χ1n) is 10.3. The van der Waals surface area contributed by atoms with Gasteiger partial charge in [0.15, 0.2) is 5.82 Å². The van der Waals surface area contributed by atoms with Crippen molar-refractivity contribution in [1.82, 2.24) is 15.3 Å². The smallest absolute Gasteiger partial charge is 0.263 e. The summed E-state index contributed by atoms with van der Waals surface area (Å²) in [5.41, 5.74) is 1.13. The molecule has 0 spiro atoms. The van der Waals surface area contributed by atoms with Gasteiger partial charge in [0.2, 0.25) is 5.91 Å². The second kappa shape index (κ2) is 10.8. The summed E-state index contributed by atoms with van der Waals surface area (Å²) < 4.78 is 11.3. The molecule has 0 atom stereocenters. The molecule has 1 fully saturated rings. The number of carbonyl (C=O) groups is 1. The van der Waals surface area contributed by atoms with E-state index in [1.54, 1.807) is 12.4 Å². The van der Waals surface area contributed by atoms with Gasteiger partial charge < -0.3 is 19.7 Å². The van der Waals surface area contributed by atoms with Gasteiger partial charge in [-0.25, -0.2) is 9.97 Å². The molecule has 1 N–H and O–H groups in total. The minimum Gasteiger partial charge on any atom is -0.436 e. The zero-order chi connectivity index (χ0) is 20.5. The van der Waals surface area contributed by atoms with Crippen LogP contribution in [0.25, 0.3) is 0 Å². The number of nitrogens with zero attached hydrogens (tertiary/aromatic N) is 3. The number of nitrogens with one attached hydrogen (secondary N) is 1. The molecule has 2 aromatic rings. The van der Waals surface area contributed by atoms with E-state index in [1.165, 1.54) is 0 Å². The van der Waals surface area contributed by atoms with E-state index in [0.717, 1.165) is 49.5 Å². The Balaban J connectivity index is 1.54. The van der Waals surface area contributed by atoms with Crippen molar-refractivity contribution in [1.29, 1.82) is 0 Å². The van der Waals surface area contributed by atoms with E-state index in [4.69, 9.17) is 9.47 Å². The Morgan fingerprint density at radius 1 is 1.24 bits per heavy atom. The lowest BCUT2D eigenvalue weighted by atomic mass is 9.96. The van der Waals surface area contributed by atoms with Gasteiger partial charge in [-0.3, -0.25) is 4.79 Å².